The zero-order valence-corrected chi connectivity index (χ0v) is 16.8. The summed E-state index contributed by atoms with van der Waals surface area (Å²) in [4.78, 5) is 10.6. The first-order chi connectivity index (χ1) is 11.0. The van der Waals surface area contributed by atoms with Crippen LogP contribution in [0.4, 0.5) is 4.79 Å². The number of urea groups is 1. The van der Waals surface area contributed by atoms with E-state index in [9.17, 15) is 4.79 Å². The number of primary amides is 1. The van der Waals surface area contributed by atoms with Crippen LogP contribution in [0.2, 0.25) is 5.02 Å². The molecular formula is C15H12ClI2N3O2. The standard InChI is InChI=1S/C15H12ClI2N3O2/c16-11-4-2-1-3-10(11)8-23-14-12(17)5-9(6-13(14)18)7-20-21-15(19)22/h1-7H,8H2,(H3,19,21,22)/b20-7-. The predicted molar refractivity (Wildman–Crippen MR) is 108 cm³/mol. The van der Waals surface area contributed by atoms with Crippen molar-refractivity contribution in [3.8, 4) is 5.75 Å². The van der Waals surface area contributed by atoms with E-state index in [0.29, 0.717) is 11.6 Å². The number of nitrogens with two attached hydrogens (primary N) is 1. The number of ether oxygens (including phenoxy) is 1. The summed E-state index contributed by atoms with van der Waals surface area (Å²) in [5.74, 6) is 0.783. The number of nitrogens with one attached hydrogen (secondary N) is 1. The topological polar surface area (TPSA) is 76.7 Å². The molecule has 8 heteroatoms. The lowest BCUT2D eigenvalue weighted by Crippen LogP contribution is -2.24. The lowest BCUT2D eigenvalue weighted by atomic mass is 10.2. The Balaban J connectivity index is 2.13. The number of carbonyl (C=O) groups is 1. The second-order valence-electron chi connectivity index (χ2n) is 4.43. The van der Waals surface area contributed by atoms with Crippen LogP contribution in [0.15, 0.2) is 41.5 Å². The molecule has 0 radical (unpaired) electrons. The van der Waals surface area contributed by atoms with Crippen LogP contribution in [0, 0.1) is 7.14 Å². The molecule has 3 N–H and O–H groups in total. The average Bonchev–Trinajstić information content (AvgIpc) is 2.48. The zero-order chi connectivity index (χ0) is 16.8. The Bertz CT molecular complexity index is 730. The van der Waals surface area contributed by atoms with E-state index in [1.54, 1.807) is 0 Å². The summed E-state index contributed by atoms with van der Waals surface area (Å²) in [5.41, 5.74) is 8.87. The van der Waals surface area contributed by atoms with E-state index >= 15 is 0 Å². The highest BCUT2D eigenvalue weighted by atomic mass is 127. The molecule has 0 saturated carbocycles. The summed E-state index contributed by atoms with van der Waals surface area (Å²) < 4.78 is 7.76. The highest BCUT2D eigenvalue weighted by Crippen LogP contribution is 2.30. The molecule has 2 rings (SSSR count). The molecule has 0 heterocycles. The summed E-state index contributed by atoms with van der Waals surface area (Å²) in [6.45, 7) is 0.391. The van der Waals surface area contributed by atoms with Gasteiger partial charge >= 0.3 is 6.03 Å². The average molecular weight is 556 g/mol. The lowest BCUT2D eigenvalue weighted by molar-refractivity contribution is 0.249. The molecule has 0 spiro atoms. The van der Waals surface area contributed by atoms with E-state index in [2.05, 4.69) is 55.7 Å². The van der Waals surface area contributed by atoms with E-state index in [-0.39, 0.29) is 0 Å². The van der Waals surface area contributed by atoms with Crippen molar-refractivity contribution < 1.29 is 9.53 Å². The molecule has 0 atom stereocenters. The van der Waals surface area contributed by atoms with Gasteiger partial charge in [-0.3, -0.25) is 0 Å². The van der Waals surface area contributed by atoms with Crippen molar-refractivity contribution in [2.75, 3.05) is 0 Å². The third-order valence-corrected chi connectivity index (χ3v) is 4.71. The fourth-order valence-corrected chi connectivity index (χ4v) is 4.05. The maximum atomic E-state index is 10.6. The number of carbonyl (C=O) groups excluding carboxylic acids is 1. The summed E-state index contributed by atoms with van der Waals surface area (Å²) >= 11 is 10.5. The lowest BCUT2D eigenvalue weighted by Gasteiger charge is -2.12. The van der Waals surface area contributed by atoms with E-state index in [1.165, 1.54) is 6.21 Å². The molecule has 2 aromatic rings. The van der Waals surface area contributed by atoms with E-state index in [4.69, 9.17) is 22.1 Å². The largest absolute Gasteiger partial charge is 0.487 e. The maximum absolute atomic E-state index is 10.6. The van der Waals surface area contributed by atoms with E-state index < -0.39 is 6.03 Å². The Hall–Kier alpha value is -1.07. The first-order valence-electron chi connectivity index (χ1n) is 6.41. The molecule has 0 bridgehead atoms. The quantitative estimate of drug-likeness (QED) is 0.331. The summed E-state index contributed by atoms with van der Waals surface area (Å²) in [6, 6.07) is 10.7. The highest BCUT2D eigenvalue weighted by molar-refractivity contribution is 14.1. The van der Waals surface area contributed by atoms with Gasteiger partial charge in [0.25, 0.3) is 0 Å². The van der Waals surface area contributed by atoms with Gasteiger partial charge in [-0.2, -0.15) is 5.10 Å². The Morgan fingerprint density at radius 2 is 1.96 bits per heavy atom. The van der Waals surface area contributed by atoms with E-state index in [1.807, 2.05) is 36.4 Å². The molecule has 2 aromatic carbocycles. The maximum Gasteiger partial charge on any atom is 0.332 e. The van der Waals surface area contributed by atoms with Gasteiger partial charge in [0.2, 0.25) is 0 Å². The summed E-state index contributed by atoms with van der Waals surface area (Å²) in [6.07, 6.45) is 1.52. The molecule has 0 aromatic heterocycles. The third-order valence-electron chi connectivity index (χ3n) is 2.74. The molecule has 2 amide bonds. The zero-order valence-electron chi connectivity index (χ0n) is 11.7. The number of benzene rings is 2. The van der Waals surface area contributed by atoms with Crippen LogP contribution < -0.4 is 15.9 Å². The number of nitrogens with zero attached hydrogens (tertiary/aromatic N) is 1. The number of hydrazone groups is 1. The minimum Gasteiger partial charge on any atom is -0.487 e. The van der Waals surface area contributed by atoms with Gasteiger partial charge in [0.1, 0.15) is 12.4 Å². The Labute approximate surface area is 165 Å². The second-order valence-corrected chi connectivity index (χ2v) is 7.16. The van der Waals surface area contributed by atoms with Crippen LogP contribution in [-0.4, -0.2) is 12.2 Å². The first kappa shape index (κ1) is 18.3. The van der Waals surface area contributed by atoms with Gasteiger partial charge in [0.05, 0.1) is 13.4 Å². The minimum absolute atomic E-state index is 0.391. The van der Waals surface area contributed by atoms with Gasteiger partial charge in [-0.15, -0.1) is 0 Å². The number of hydrogen-bond donors (Lipinski definition) is 2. The van der Waals surface area contributed by atoms with Crippen molar-refractivity contribution in [3.05, 3.63) is 59.7 Å². The van der Waals surface area contributed by atoms with Gasteiger partial charge in [0.15, 0.2) is 0 Å². The van der Waals surface area contributed by atoms with Gasteiger partial charge in [-0.25, -0.2) is 10.2 Å². The summed E-state index contributed by atoms with van der Waals surface area (Å²) in [5, 5.41) is 4.42. The van der Waals surface area contributed by atoms with Crippen LogP contribution in [0.3, 0.4) is 0 Å². The van der Waals surface area contributed by atoms with Crippen molar-refractivity contribution in [2.45, 2.75) is 6.61 Å². The van der Waals surface area contributed by atoms with Crippen molar-refractivity contribution >= 4 is 69.0 Å². The fraction of sp³-hybridized carbons (Fsp3) is 0.0667. The van der Waals surface area contributed by atoms with Crippen LogP contribution >= 0.6 is 56.8 Å². The Morgan fingerprint density at radius 3 is 2.57 bits per heavy atom. The smallest absolute Gasteiger partial charge is 0.332 e. The van der Waals surface area contributed by atoms with Gasteiger partial charge in [0, 0.05) is 10.6 Å². The van der Waals surface area contributed by atoms with Crippen LogP contribution in [0.25, 0.3) is 0 Å². The Morgan fingerprint density at radius 1 is 1.30 bits per heavy atom. The van der Waals surface area contributed by atoms with E-state index in [0.717, 1.165) is 24.0 Å². The second kappa shape index (κ2) is 8.69. The van der Waals surface area contributed by atoms with Gasteiger partial charge < -0.3 is 10.5 Å². The van der Waals surface area contributed by atoms with Crippen LogP contribution in [-0.2, 0) is 6.61 Å². The third kappa shape index (κ3) is 5.50. The molecule has 5 nitrogen and oxygen atoms in total. The molecule has 0 aliphatic carbocycles. The molecule has 120 valence electrons. The molecule has 0 fully saturated rings. The van der Waals surface area contributed by atoms with Crippen LogP contribution in [0.5, 0.6) is 5.75 Å². The fourth-order valence-electron chi connectivity index (χ4n) is 1.73. The van der Waals surface area contributed by atoms with Crippen molar-refractivity contribution in [1.82, 2.24) is 5.43 Å². The molecule has 23 heavy (non-hydrogen) atoms. The van der Waals surface area contributed by atoms with Crippen molar-refractivity contribution in [3.63, 3.8) is 0 Å². The summed E-state index contributed by atoms with van der Waals surface area (Å²) in [7, 11) is 0. The molecular weight excluding hydrogens is 543 g/mol. The Kier molecular flexibility index (Phi) is 6.90. The molecule has 0 saturated heterocycles. The normalized spacial score (nSPS) is 10.7. The molecule has 0 aliphatic heterocycles. The molecule has 0 aliphatic rings. The van der Waals surface area contributed by atoms with Crippen LogP contribution in [0.1, 0.15) is 11.1 Å². The van der Waals surface area contributed by atoms with Crippen molar-refractivity contribution in [2.24, 2.45) is 10.8 Å². The van der Waals surface area contributed by atoms with Gasteiger partial charge in [-0.1, -0.05) is 29.8 Å². The highest BCUT2D eigenvalue weighted by Gasteiger charge is 2.09. The van der Waals surface area contributed by atoms with Crippen molar-refractivity contribution in [1.29, 1.82) is 0 Å². The SMILES string of the molecule is NC(=O)N/N=C\c1cc(I)c(OCc2ccccc2Cl)c(I)c1. The number of hydrogen-bond acceptors (Lipinski definition) is 3. The number of rotatable bonds is 5. The minimum atomic E-state index is -0.703. The number of halogens is 3. The van der Waals surface area contributed by atoms with Gasteiger partial charge in [-0.05, 0) is 68.9 Å². The number of amides is 2. The first-order valence-corrected chi connectivity index (χ1v) is 8.94. The predicted octanol–water partition coefficient (Wildman–Crippen LogP) is 4.13. The molecule has 0 unspecified atom stereocenters. The monoisotopic (exact) mass is 555 g/mol.